The molecule has 0 unspecified atom stereocenters. The molecule has 6 heteroatoms. The number of hydrogen-bond acceptors (Lipinski definition) is 4. The Morgan fingerprint density at radius 1 is 0.963 bits per heavy atom. The second-order valence-corrected chi connectivity index (χ2v) is 6.11. The van der Waals surface area contributed by atoms with E-state index in [9.17, 15) is 9.59 Å². The highest BCUT2D eigenvalue weighted by Gasteiger charge is 2.09. The van der Waals surface area contributed by atoms with Gasteiger partial charge in [-0.25, -0.2) is 0 Å². The smallest absolute Gasteiger partial charge is 0.222 e. The molecule has 1 amide bonds. The van der Waals surface area contributed by atoms with Crippen LogP contribution in [0.1, 0.15) is 16.8 Å². The van der Waals surface area contributed by atoms with Crippen LogP contribution in [0.2, 0.25) is 0 Å². The molecule has 140 valence electrons. The number of hydrogen-bond donors (Lipinski definition) is 1. The van der Waals surface area contributed by atoms with E-state index in [0.717, 1.165) is 16.7 Å². The highest BCUT2D eigenvalue weighted by Crippen LogP contribution is 2.22. The highest BCUT2D eigenvalue weighted by molar-refractivity contribution is 5.99. The molecule has 27 heavy (non-hydrogen) atoms. The Morgan fingerprint density at radius 3 is 2.37 bits per heavy atom. The first kappa shape index (κ1) is 18.5. The van der Waals surface area contributed by atoms with E-state index in [1.54, 1.807) is 38.5 Å². The molecule has 0 radical (unpaired) electrons. The Labute approximate surface area is 157 Å². The minimum atomic E-state index is -0.160. The predicted molar refractivity (Wildman–Crippen MR) is 103 cm³/mol. The minimum Gasteiger partial charge on any atom is -0.497 e. The third kappa shape index (κ3) is 4.47. The van der Waals surface area contributed by atoms with Crippen LogP contribution < -0.4 is 14.8 Å². The topological polar surface area (TPSA) is 69.6 Å². The molecule has 1 heterocycles. The van der Waals surface area contributed by atoms with Crippen LogP contribution in [-0.2, 0) is 11.3 Å². The average molecular weight is 366 g/mol. The van der Waals surface area contributed by atoms with E-state index >= 15 is 0 Å². The second kappa shape index (κ2) is 8.40. The van der Waals surface area contributed by atoms with Gasteiger partial charge < -0.3 is 19.4 Å². The third-order valence-corrected chi connectivity index (χ3v) is 4.42. The number of ketones is 1. The van der Waals surface area contributed by atoms with E-state index in [1.807, 2.05) is 35.0 Å². The van der Waals surface area contributed by atoms with Crippen LogP contribution in [0.25, 0.3) is 10.9 Å². The van der Waals surface area contributed by atoms with Gasteiger partial charge >= 0.3 is 0 Å². The summed E-state index contributed by atoms with van der Waals surface area (Å²) in [4.78, 5) is 24.2. The molecular formula is C21H22N2O4. The van der Waals surface area contributed by atoms with Gasteiger partial charge in [0.2, 0.25) is 5.91 Å². The summed E-state index contributed by atoms with van der Waals surface area (Å²) < 4.78 is 12.3. The van der Waals surface area contributed by atoms with E-state index in [2.05, 4.69) is 5.32 Å². The van der Waals surface area contributed by atoms with Gasteiger partial charge in [0.25, 0.3) is 0 Å². The van der Waals surface area contributed by atoms with Gasteiger partial charge in [-0.15, -0.1) is 0 Å². The lowest BCUT2D eigenvalue weighted by molar-refractivity contribution is -0.121. The van der Waals surface area contributed by atoms with Crippen molar-refractivity contribution >= 4 is 22.6 Å². The Hall–Kier alpha value is -3.28. The number of benzene rings is 2. The summed E-state index contributed by atoms with van der Waals surface area (Å²) in [5, 5.41) is 3.74. The van der Waals surface area contributed by atoms with Crippen molar-refractivity contribution < 1.29 is 19.1 Å². The number of aromatic nitrogens is 1. The molecule has 0 fully saturated rings. The number of ether oxygens (including phenoxy) is 2. The number of carbonyl (C=O) groups is 2. The molecule has 0 aliphatic heterocycles. The Balaban J connectivity index is 1.51. The van der Waals surface area contributed by atoms with Gasteiger partial charge in [0.05, 0.1) is 20.8 Å². The minimum absolute atomic E-state index is 0.0191. The molecule has 6 nitrogen and oxygen atoms in total. The molecule has 0 aliphatic carbocycles. The first-order valence-electron chi connectivity index (χ1n) is 8.67. The number of fused-ring (bicyclic) bond motifs is 1. The van der Waals surface area contributed by atoms with Crippen molar-refractivity contribution in [3.8, 4) is 11.5 Å². The van der Waals surface area contributed by atoms with Gasteiger partial charge in [-0.2, -0.15) is 0 Å². The fraction of sp³-hybridized carbons (Fsp3) is 0.238. The summed E-state index contributed by atoms with van der Waals surface area (Å²) in [6.45, 7) is 0.521. The predicted octanol–water partition coefficient (Wildman–Crippen LogP) is 3.05. The van der Waals surface area contributed by atoms with E-state index in [-0.39, 0.29) is 18.2 Å². The molecule has 0 bridgehead atoms. The summed E-state index contributed by atoms with van der Waals surface area (Å²) >= 11 is 0. The van der Waals surface area contributed by atoms with Crippen molar-refractivity contribution in [1.29, 1.82) is 0 Å². The highest BCUT2D eigenvalue weighted by atomic mass is 16.5. The quantitative estimate of drug-likeness (QED) is 0.622. The molecule has 3 rings (SSSR count). The maximum Gasteiger partial charge on any atom is 0.222 e. The number of Topliss-reactive ketones (excluding diaryl/α,β-unsaturated/α-hetero) is 1. The van der Waals surface area contributed by atoms with Crippen LogP contribution in [0.15, 0.2) is 54.7 Å². The maximum atomic E-state index is 12.1. The number of rotatable bonds is 8. The molecule has 0 aliphatic rings. The molecule has 0 saturated carbocycles. The number of nitrogens with one attached hydrogen (secondary N) is 1. The molecule has 0 atom stereocenters. The van der Waals surface area contributed by atoms with Crippen molar-refractivity contribution in [2.45, 2.75) is 13.0 Å². The average Bonchev–Trinajstić information content (AvgIpc) is 3.12. The van der Waals surface area contributed by atoms with Crippen molar-refractivity contribution in [3.05, 3.63) is 60.3 Å². The molecule has 1 aromatic heterocycles. The monoisotopic (exact) mass is 366 g/mol. The molecule has 1 N–H and O–H groups in total. The molecule has 2 aromatic carbocycles. The van der Waals surface area contributed by atoms with Crippen LogP contribution in [0.5, 0.6) is 11.5 Å². The second-order valence-electron chi connectivity index (χ2n) is 6.11. The van der Waals surface area contributed by atoms with Crippen LogP contribution in [0.4, 0.5) is 0 Å². The molecule has 0 spiro atoms. The summed E-state index contributed by atoms with van der Waals surface area (Å²) in [5.74, 6) is 1.19. The van der Waals surface area contributed by atoms with Gasteiger partial charge in [0, 0.05) is 35.6 Å². The SMILES string of the molecule is COc1ccc(C(=O)CNC(=O)CCn2ccc3cc(OC)ccc32)cc1. The van der Waals surface area contributed by atoms with Crippen molar-refractivity contribution in [3.63, 3.8) is 0 Å². The van der Waals surface area contributed by atoms with Crippen LogP contribution in [0, 0.1) is 0 Å². The van der Waals surface area contributed by atoms with Crippen LogP contribution >= 0.6 is 0 Å². The zero-order valence-corrected chi connectivity index (χ0v) is 15.4. The Kier molecular flexibility index (Phi) is 5.76. The third-order valence-electron chi connectivity index (χ3n) is 4.42. The van der Waals surface area contributed by atoms with Crippen molar-refractivity contribution in [1.82, 2.24) is 9.88 Å². The largest absolute Gasteiger partial charge is 0.497 e. The van der Waals surface area contributed by atoms with Gasteiger partial charge in [0.15, 0.2) is 5.78 Å². The number of aryl methyl sites for hydroxylation is 1. The maximum absolute atomic E-state index is 12.1. The zero-order chi connectivity index (χ0) is 19.2. The van der Waals surface area contributed by atoms with Crippen molar-refractivity contribution in [2.75, 3.05) is 20.8 Å². The van der Waals surface area contributed by atoms with Crippen molar-refractivity contribution in [2.24, 2.45) is 0 Å². The first-order valence-corrected chi connectivity index (χ1v) is 8.67. The Bertz CT molecular complexity index is 944. The fourth-order valence-electron chi connectivity index (χ4n) is 2.87. The number of carbonyl (C=O) groups excluding carboxylic acids is 2. The summed E-state index contributed by atoms with van der Waals surface area (Å²) in [7, 11) is 3.21. The van der Waals surface area contributed by atoms with E-state index < -0.39 is 0 Å². The Morgan fingerprint density at radius 2 is 1.67 bits per heavy atom. The zero-order valence-electron chi connectivity index (χ0n) is 15.4. The van der Waals surface area contributed by atoms with Crippen LogP contribution in [-0.4, -0.2) is 37.0 Å². The lowest BCUT2D eigenvalue weighted by Gasteiger charge is -2.08. The molecule has 0 saturated heterocycles. The summed E-state index contributed by atoms with van der Waals surface area (Å²) in [6, 6.07) is 14.6. The summed E-state index contributed by atoms with van der Waals surface area (Å²) in [6.07, 6.45) is 2.24. The van der Waals surface area contributed by atoms with Crippen LogP contribution in [0.3, 0.4) is 0 Å². The van der Waals surface area contributed by atoms with Gasteiger partial charge in [-0.3, -0.25) is 9.59 Å². The fourth-order valence-corrected chi connectivity index (χ4v) is 2.87. The normalized spacial score (nSPS) is 10.6. The standard InChI is InChI=1S/C21H22N2O4/c1-26-17-5-3-15(4-6-17)20(24)14-22-21(25)10-12-23-11-9-16-13-18(27-2)7-8-19(16)23/h3-9,11,13H,10,12,14H2,1-2H3,(H,22,25). The molecular weight excluding hydrogens is 344 g/mol. The van der Waals surface area contributed by atoms with Gasteiger partial charge in [-0.1, -0.05) is 0 Å². The molecule has 3 aromatic rings. The number of methoxy groups -OCH3 is 2. The lowest BCUT2D eigenvalue weighted by Crippen LogP contribution is -2.30. The first-order chi connectivity index (χ1) is 13.1. The summed E-state index contributed by atoms with van der Waals surface area (Å²) in [5.41, 5.74) is 1.58. The number of nitrogens with zero attached hydrogens (tertiary/aromatic N) is 1. The van der Waals surface area contributed by atoms with E-state index in [1.165, 1.54) is 0 Å². The number of amides is 1. The van der Waals surface area contributed by atoms with E-state index in [0.29, 0.717) is 24.3 Å². The van der Waals surface area contributed by atoms with E-state index in [4.69, 9.17) is 9.47 Å². The van der Waals surface area contributed by atoms with Gasteiger partial charge in [0.1, 0.15) is 11.5 Å². The lowest BCUT2D eigenvalue weighted by atomic mass is 10.1. The van der Waals surface area contributed by atoms with Gasteiger partial charge in [-0.05, 0) is 48.5 Å².